The second kappa shape index (κ2) is 8.51. The van der Waals surface area contributed by atoms with Gasteiger partial charge in [-0.2, -0.15) is 0 Å². The number of nitrogens with two attached hydrogens (primary N) is 1. The van der Waals surface area contributed by atoms with Crippen molar-refractivity contribution in [2.75, 3.05) is 12.8 Å². The van der Waals surface area contributed by atoms with Gasteiger partial charge in [0.2, 0.25) is 0 Å². The summed E-state index contributed by atoms with van der Waals surface area (Å²) < 4.78 is 5.72. The van der Waals surface area contributed by atoms with E-state index in [0.717, 1.165) is 23.2 Å². The molecule has 2 nitrogen and oxygen atoms in total. The van der Waals surface area contributed by atoms with Crippen LogP contribution in [0.25, 0.3) is 0 Å². The second-order valence-electron chi connectivity index (χ2n) is 7.00. The van der Waals surface area contributed by atoms with E-state index in [1.54, 1.807) is 7.11 Å². The minimum atomic E-state index is -2.00. The fraction of sp³-hybridized carbons (Fsp3) is 0.0769. The van der Waals surface area contributed by atoms with Gasteiger partial charge in [-0.25, -0.2) is 0 Å². The summed E-state index contributed by atoms with van der Waals surface area (Å²) in [5.41, 5.74) is 8.32. The van der Waals surface area contributed by atoms with Gasteiger partial charge in [0.05, 0.1) is 12.7 Å². The normalized spacial score (nSPS) is 11.2. The molecule has 0 aliphatic rings. The van der Waals surface area contributed by atoms with Gasteiger partial charge in [-0.15, -0.1) is 0 Å². The van der Waals surface area contributed by atoms with Crippen LogP contribution < -0.4 is 26.4 Å². The van der Waals surface area contributed by atoms with Gasteiger partial charge in [-0.1, -0.05) is 60.7 Å². The van der Waals surface area contributed by atoms with Gasteiger partial charge in [0.15, 0.2) is 0 Å². The standard InChI is InChI=1S/C26H25NOP/c1-28-26-19-11-18-25(27)24(26)20-29(21-12-5-2-6-13-21,22-14-7-3-8-15-22)23-16-9-4-10-17-23/h2-19H,20,27H2,1H3/q+1. The molecule has 4 aromatic rings. The van der Waals surface area contributed by atoms with Crippen LogP contribution in [0, 0.1) is 0 Å². The van der Waals surface area contributed by atoms with Crippen LogP contribution in [0.5, 0.6) is 5.75 Å². The number of hydrogen-bond donors (Lipinski definition) is 1. The molecule has 0 heterocycles. The first-order valence-electron chi connectivity index (χ1n) is 9.72. The van der Waals surface area contributed by atoms with Crippen molar-refractivity contribution in [3.63, 3.8) is 0 Å². The van der Waals surface area contributed by atoms with Crippen molar-refractivity contribution in [3.8, 4) is 5.75 Å². The number of ether oxygens (including phenoxy) is 1. The first-order valence-corrected chi connectivity index (χ1v) is 11.7. The van der Waals surface area contributed by atoms with E-state index in [1.807, 2.05) is 18.2 Å². The molecule has 0 spiro atoms. The Kier molecular flexibility index (Phi) is 5.64. The Morgan fingerprint density at radius 3 is 1.48 bits per heavy atom. The molecule has 29 heavy (non-hydrogen) atoms. The summed E-state index contributed by atoms with van der Waals surface area (Å²) in [6, 6.07) is 38.4. The predicted octanol–water partition coefficient (Wildman–Crippen LogP) is 4.77. The molecule has 0 atom stereocenters. The minimum Gasteiger partial charge on any atom is -0.496 e. The number of nitrogen functional groups attached to an aromatic ring is 1. The van der Waals surface area contributed by atoms with E-state index in [1.165, 1.54) is 15.9 Å². The van der Waals surface area contributed by atoms with Crippen molar-refractivity contribution in [2.45, 2.75) is 6.16 Å². The highest BCUT2D eigenvalue weighted by atomic mass is 31.2. The number of rotatable bonds is 6. The Morgan fingerprint density at radius 1 is 0.621 bits per heavy atom. The molecule has 3 heteroatoms. The molecule has 4 rings (SSSR count). The molecule has 144 valence electrons. The fourth-order valence-corrected chi connectivity index (χ4v) is 8.25. The van der Waals surface area contributed by atoms with Crippen molar-refractivity contribution in [3.05, 3.63) is 115 Å². The Hall–Kier alpha value is -3.09. The number of methoxy groups -OCH3 is 1. The Bertz CT molecular complexity index is 969. The summed E-state index contributed by atoms with van der Waals surface area (Å²) in [4.78, 5) is 0. The third kappa shape index (κ3) is 3.64. The SMILES string of the molecule is COc1cccc(N)c1C[P+](c1ccccc1)(c1ccccc1)c1ccccc1. The lowest BCUT2D eigenvalue weighted by molar-refractivity contribution is 0.411. The smallest absolute Gasteiger partial charge is 0.127 e. The summed E-state index contributed by atoms with van der Waals surface area (Å²) in [6.07, 6.45) is 0.806. The van der Waals surface area contributed by atoms with Gasteiger partial charge in [0.25, 0.3) is 0 Å². The third-order valence-electron chi connectivity index (χ3n) is 5.38. The highest BCUT2D eigenvalue weighted by molar-refractivity contribution is 7.95. The molecule has 0 radical (unpaired) electrons. The van der Waals surface area contributed by atoms with Gasteiger partial charge in [0.1, 0.15) is 35.1 Å². The lowest BCUT2D eigenvalue weighted by atomic mass is 10.2. The first kappa shape index (κ1) is 19.2. The highest BCUT2D eigenvalue weighted by Crippen LogP contribution is 2.59. The number of benzene rings is 4. The van der Waals surface area contributed by atoms with E-state index < -0.39 is 7.26 Å². The van der Waals surface area contributed by atoms with E-state index in [-0.39, 0.29) is 0 Å². The van der Waals surface area contributed by atoms with Crippen LogP contribution in [0.15, 0.2) is 109 Å². The summed E-state index contributed by atoms with van der Waals surface area (Å²) in [5.74, 6) is 0.845. The molecule has 4 aromatic carbocycles. The number of anilines is 1. The Morgan fingerprint density at radius 2 is 1.07 bits per heavy atom. The van der Waals surface area contributed by atoms with Gasteiger partial charge < -0.3 is 10.5 Å². The summed E-state index contributed by atoms with van der Waals surface area (Å²) in [6.45, 7) is 0. The van der Waals surface area contributed by atoms with Crippen LogP contribution in [0.4, 0.5) is 5.69 Å². The van der Waals surface area contributed by atoms with Gasteiger partial charge in [0, 0.05) is 5.69 Å². The molecule has 0 aliphatic heterocycles. The van der Waals surface area contributed by atoms with Crippen LogP contribution in [0.2, 0.25) is 0 Å². The van der Waals surface area contributed by atoms with Crippen LogP contribution in [-0.2, 0) is 6.16 Å². The fourth-order valence-electron chi connectivity index (χ4n) is 3.95. The zero-order valence-electron chi connectivity index (χ0n) is 16.5. The maximum absolute atomic E-state index is 6.48. The van der Waals surface area contributed by atoms with Crippen molar-refractivity contribution in [1.82, 2.24) is 0 Å². The van der Waals surface area contributed by atoms with E-state index >= 15 is 0 Å². The third-order valence-corrected chi connectivity index (χ3v) is 9.71. The van der Waals surface area contributed by atoms with Crippen LogP contribution >= 0.6 is 7.26 Å². The summed E-state index contributed by atoms with van der Waals surface area (Å²) >= 11 is 0. The average molecular weight is 398 g/mol. The van der Waals surface area contributed by atoms with Crippen molar-refractivity contribution < 1.29 is 4.74 Å². The molecule has 0 aliphatic carbocycles. The lowest BCUT2D eigenvalue weighted by Gasteiger charge is -2.28. The first-order chi connectivity index (χ1) is 14.3. The molecule has 0 fully saturated rings. The molecular weight excluding hydrogens is 373 g/mol. The highest BCUT2D eigenvalue weighted by Gasteiger charge is 2.46. The largest absolute Gasteiger partial charge is 0.496 e. The molecule has 0 aromatic heterocycles. The van der Waals surface area contributed by atoms with Crippen molar-refractivity contribution >= 4 is 28.9 Å². The van der Waals surface area contributed by atoms with Crippen LogP contribution in [-0.4, -0.2) is 7.11 Å². The van der Waals surface area contributed by atoms with Crippen LogP contribution in [0.1, 0.15) is 5.56 Å². The summed E-state index contributed by atoms with van der Waals surface area (Å²) in [5, 5.41) is 4.01. The van der Waals surface area contributed by atoms with Crippen molar-refractivity contribution in [1.29, 1.82) is 0 Å². The Labute approximate surface area is 173 Å². The summed E-state index contributed by atoms with van der Waals surface area (Å²) in [7, 11) is -0.288. The van der Waals surface area contributed by atoms with E-state index in [9.17, 15) is 0 Å². The monoisotopic (exact) mass is 398 g/mol. The van der Waals surface area contributed by atoms with Gasteiger partial charge >= 0.3 is 0 Å². The lowest BCUT2D eigenvalue weighted by Crippen LogP contribution is -2.32. The van der Waals surface area contributed by atoms with E-state index in [4.69, 9.17) is 10.5 Å². The maximum Gasteiger partial charge on any atom is 0.127 e. The van der Waals surface area contributed by atoms with Crippen LogP contribution in [0.3, 0.4) is 0 Å². The molecule has 0 saturated carbocycles. The quantitative estimate of drug-likeness (QED) is 0.375. The maximum atomic E-state index is 6.48. The molecular formula is C26H25NOP+. The molecule has 2 N–H and O–H groups in total. The van der Waals surface area contributed by atoms with E-state index in [0.29, 0.717) is 0 Å². The molecule has 0 bridgehead atoms. The second-order valence-corrected chi connectivity index (χ2v) is 10.5. The molecule has 0 saturated heterocycles. The molecule has 0 amide bonds. The molecule has 0 unspecified atom stereocenters. The minimum absolute atomic E-state index is 0.775. The zero-order valence-corrected chi connectivity index (χ0v) is 17.4. The zero-order chi connectivity index (χ0) is 20.1. The number of hydrogen-bond acceptors (Lipinski definition) is 2. The van der Waals surface area contributed by atoms with Gasteiger partial charge in [-0.05, 0) is 48.5 Å². The van der Waals surface area contributed by atoms with Gasteiger partial charge in [-0.3, -0.25) is 0 Å². The Balaban J connectivity index is 2.04. The average Bonchev–Trinajstić information content (AvgIpc) is 2.80. The predicted molar refractivity (Wildman–Crippen MR) is 126 cm³/mol. The van der Waals surface area contributed by atoms with E-state index in [2.05, 4.69) is 91.0 Å². The van der Waals surface area contributed by atoms with Crippen molar-refractivity contribution in [2.24, 2.45) is 0 Å². The topological polar surface area (TPSA) is 35.2 Å².